The molecule has 18 heavy (non-hydrogen) atoms. The van der Waals surface area contributed by atoms with Gasteiger partial charge in [-0.15, -0.1) is 0 Å². The molecule has 1 amide bonds. The minimum absolute atomic E-state index is 0.0144. The highest BCUT2D eigenvalue weighted by molar-refractivity contribution is 9.10. The van der Waals surface area contributed by atoms with Crippen molar-refractivity contribution in [3.8, 4) is 5.75 Å². The fraction of sp³-hybridized carbons (Fsp3) is 0.300. The number of hydrogen-bond donors (Lipinski definition) is 2. The Balaban J connectivity index is 3.00. The molecule has 1 unspecified atom stereocenters. The van der Waals surface area contributed by atoms with Crippen molar-refractivity contribution in [2.75, 3.05) is 6.61 Å². The standard InChI is InChI=1S/C10H13BrN2O4S/c1-6(10(12)14)5-17-8-3-2-7(11)4-9(8)18(13,15)16/h2-4,6H,5H2,1H3,(H2,12,14)(H2,13,15,16). The van der Waals surface area contributed by atoms with Crippen LogP contribution in [0.1, 0.15) is 6.92 Å². The third kappa shape index (κ3) is 3.97. The molecule has 0 radical (unpaired) electrons. The number of carbonyl (C=O) groups is 1. The fourth-order valence-corrected chi connectivity index (χ4v) is 2.33. The van der Waals surface area contributed by atoms with Crippen LogP contribution in [0.3, 0.4) is 0 Å². The number of sulfonamides is 1. The molecule has 0 saturated heterocycles. The summed E-state index contributed by atoms with van der Waals surface area (Å²) in [5.74, 6) is -0.958. The number of rotatable bonds is 5. The average molecular weight is 337 g/mol. The third-order valence-corrected chi connectivity index (χ3v) is 3.61. The van der Waals surface area contributed by atoms with Gasteiger partial charge in [-0.05, 0) is 18.2 Å². The second kappa shape index (κ2) is 5.68. The SMILES string of the molecule is CC(COc1ccc(Br)cc1S(N)(=O)=O)C(N)=O. The maximum atomic E-state index is 11.4. The van der Waals surface area contributed by atoms with Gasteiger partial charge in [-0.25, -0.2) is 13.6 Å². The molecule has 0 aliphatic carbocycles. The van der Waals surface area contributed by atoms with Crippen molar-refractivity contribution < 1.29 is 17.9 Å². The van der Waals surface area contributed by atoms with Crippen LogP contribution in [0.2, 0.25) is 0 Å². The van der Waals surface area contributed by atoms with E-state index < -0.39 is 21.8 Å². The van der Waals surface area contributed by atoms with Crippen molar-refractivity contribution in [2.24, 2.45) is 16.8 Å². The summed E-state index contributed by atoms with van der Waals surface area (Å²) in [5.41, 5.74) is 5.08. The number of primary amides is 1. The molecule has 1 aromatic carbocycles. The Kier molecular flexibility index (Phi) is 4.71. The zero-order chi connectivity index (χ0) is 13.9. The molecule has 0 fully saturated rings. The third-order valence-electron chi connectivity index (χ3n) is 2.19. The molecule has 0 saturated carbocycles. The molecule has 0 bridgehead atoms. The first-order valence-corrected chi connectivity index (χ1v) is 7.30. The quantitative estimate of drug-likeness (QED) is 0.819. The van der Waals surface area contributed by atoms with Gasteiger partial charge in [-0.1, -0.05) is 22.9 Å². The summed E-state index contributed by atoms with van der Waals surface area (Å²) in [6.45, 7) is 1.57. The van der Waals surface area contributed by atoms with E-state index in [9.17, 15) is 13.2 Å². The van der Waals surface area contributed by atoms with Crippen LogP contribution in [-0.4, -0.2) is 20.9 Å². The first kappa shape index (κ1) is 14.9. The van der Waals surface area contributed by atoms with Crippen LogP contribution in [0, 0.1) is 5.92 Å². The largest absolute Gasteiger partial charge is 0.491 e. The number of hydrogen-bond acceptors (Lipinski definition) is 4. The minimum atomic E-state index is -3.90. The lowest BCUT2D eigenvalue weighted by atomic mass is 10.2. The molecule has 1 aromatic rings. The maximum absolute atomic E-state index is 11.4. The second-order valence-corrected chi connectivity index (χ2v) is 6.20. The van der Waals surface area contributed by atoms with Gasteiger partial charge in [-0.3, -0.25) is 4.79 Å². The van der Waals surface area contributed by atoms with Gasteiger partial charge in [0.15, 0.2) is 0 Å². The Morgan fingerprint density at radius 2 is 2.11 bits per heavy atom. The zero-order valence-corrected chi connectivity index (χ0v) is 12.0. The van der Waals surface area contributed by atoms with Crippen molar-refractivity contribution in [1.82, 2.24) is 0 Å². The van der Waals surface area contributed by atoms with Crippen LogP contribution in [0.25, 0.3) is 0 Å². The summed E-state index contributed by atoms with van der Waals surface area (Å²) in [4.78, 5) is 10.7. The van der Waals surface area contributed by atoms with Crippen LogP contribution < -0.4 is 15.6 Å². The van der Waals surface area contributed by atoms with Crippen LogP contribution in [0.4, 0.5) is 0 Å². The molecule has 0 aliphatic heterocycles. The fourth-order valence-electron chi connectivity index (χ4n) is 1.12. The van der Waals surface area contributed by atoms with E-state index in [0.29, 0.717) is 4.47 Å². The van der Waals surface area contributed by atoms with E-state index in [1.165, 1.54) is 12.1 Å². The van der Waals surface area contributed by atoms with Crippen LogP contribution in [0.5, 0.6) is 5.75 Å². The van der Waals surface area contributed by atoms with Crippen LogP contribution in [-0.2, 0) is 14.8 Å². The molecule has 4 N–H and O–H groups in total. The number of nitrogens with two attached hydrogens (primary N) is 2. The molecule has 0 aliphatic rings. The van der Waals surface area contributed by atoms with E-state index in [1.807, 2.05) is 0 Å². The molecule has 0 spiro atoms. The number of halogens is 1. The molecule has 0 aromatic heterocycles. The minimum Gasteiger partial charge on any atom is -0.491 e. The number of amides is 1. The predicted molar refractivity (Wildman–Crippen MR) is 69.4 cm³/mol. The lowest BCUT2D eigenvalue weighted by molar-refractivity contribution is -0.122. The highest BCUT2D eigenvalue weighted by Gasteiger charge is 2.17. The molecule has 6 nitrogen and oxygen atoms in total. The second-order valence-electron chi connectivity index (χ2n) is 3.75. The van der Waals surface area contributed by atoms with E-state index >= 15 is 0 Å². The van der Waals surface area contributed by atoms with Crippen LogP contribution in [0.15, 0.2) is 27.6 Å². The monoisotopic (exact) mass is 336 g/mol. The highest BCUT2D eigenvalue weighted by atomic mass is 79.9. The Hall–Kier alpha value is -1.12. The van der Waals surface area contributed by atoms with Gasteiger partial charge < -0.3 is 10.5 Å². The average Bonchev–Trinajstić information content (AvgIpc) is 2.25. The summed E-state index contributed by atoms with van der Waals surface area (Å²) in [6, 6.07) is 4.40. The van der Waals surface area contributed by atoms with Crippen molar-refractivity contribution in [3.63, 3.8) is 0 Å². The first-order chi connectivity index (χ1) is 8.21. The number of ether oxygens (including phenoxy) is 1. The van der Waals surface area contributed by atoms with Crippen LogP contribution >= 0.6 is 15.9 Å². The van der Waals surface area contributed by atoms with E-state index in [-0.39, 0.29) is 17.3 Å². The molecule has 8 heteroatoms. The lowest BCUT2D eigenvalue weighted by Crippen LogP contribution is -2.26. The zero-order valence-electron chi connectivity index (χ0n) is 9.59. The van der Waals surface area contributed by atoms with Gasteiger partial charge >= 0.3 is 0 Å². The van der Waals surface area contributed by atoms with Crippen molar-refractivity contribution >= 4 is 31.9 Å². The highest BCUT2D eigenvalue weighted by Crippen LogP contribution is 2.26. The summed E-state index contributed by atoms with van der Waals surface area (Å²) >= 11 is 3.14. The molecular formula is C10H13BrN2O4S. The van der Waals surface area contributed by atoms with Crippen molar-refractivity contribution in [2.45, 2.75) is 11.8 Å². The molecular weight excluding hydrogens is 324 g/mol. The predicted octanol–water partition coefficient (Wildman–Crippen LogP) is 0.597. The van der Waals surface area contributed by atoms with Gasteiger partial charge in [0.2, 0.25) is 15.9 Å². The smallest absolute Gasteiger partial charge is 0.241 e. The number of benzene rings is 1. The van der Waals surface area contributed by atoms with E-state index in [0.717, 1.165) is 0 Å². The Morgan fingerprint density at radius 1 is 1.50 bits per heavy atom. The number of primary sulfonamides is 1. The van der Waals surface area contributed by atoms with E-state index in [4.69, 9.17) is 15.6 Å². The number of carbonyl (C=O) groups excluding carboxylic acids is 1. The topological polar surface area (TPSA) is 112 Å². The van der Waals surface area contributed by atoms with Gasteiger partial charge in [0.25, 0.3) is 0 Å². The summed E-state index contributed by atoms with van der Waals surface area (Å²) in [7, 11) is -3.90. The summed E-state index contributed by atoms with van der Waals surface area (Å²) in [5, 5.41) is 5.07. The van der Waals surface area contributed by atoms with Gasteiger partial charge in [0.05, 0.1) is 12.5 Å². The lowest BCUT2D eigenvalue weighted by Gasteiger charge is -2.13. The van der Waals surface area contributed by atoms with Gasteiger partial charge in [0.1, 0.15) is 10.6 Å². The normalized spacial score (nSPS) is 13.1. The van der Waals surface area contributed by atoms with E-state index in [2.05, 4.69) is 15.9 Å². The van der Waals surface area contributed by atoms with Gasteiger partial charge in [0, 0.05) is 4.47 Å². The van der Waals surface area contributed by atoms with Crippen molar-refractivity contribution in [1.29, 1.82) is 0 Å². The molecule has 100 valence electrons. The Bertz CT molecular complexity index is 559. The molecule has 0 heterocycles. The summed E-state index contributed by atoms with van der Waals surface area (Å²) in [6.07, 6.45) is 0. The first-order valence-electron chi connectivity index (χ1n) is 4.96. The Morgan fingerprint density at radius 3 is 2.61 bits per heavy atom. The molecule has 1 atom stereocenters. The van der Waals surface area contributed by atoms with Crippen molar-refractivity contribution in [3.05, 3.63) is 22.7 Å². The maximum Gasteiger partial charge on any atom is 0.241 e. The Labute approximate surface area is 113 Å². The molecule has 1 rings (SSSR count). The van der Waals surface area contributed by atoms with Gasteiger partial charge in [-0.2, -0.15) is 0 Å². The van der Waals surface area contributed by atoms with E-state index in [1.54, 1.807) is 13.0 Å². The summed E-state index contributed by atoms with van der Waals surface area (Å²) < 4.78 is 28.6.